The second-order valence-electron chi connectivity index (χ2n) is 6.13. The Morgan fingerprint density at radius 3 is 2.24 bits per heavy atom. The summed E-state index contributed by atoms with van der Waals surface area (Å²) in [7, 11) is 0. The standard InChI is InChI=1S/C19H22ClN/c20-17-11-5-4-8-15(17)14-18(21)19(12-6-7-13-19)16-9-2-1-3-10-16/h1-5,8-11,18H,6-7,12-14,21H2. The maximum atomic E-state index is 6.69. The van der Waals surface area contributed by atoms with E-state index < -0.39 is 0 Å². The van der Waals surface area contributed by atoms with Crippen molar-refractivity contribution in [2.24, 2.45) is 5.73 Å². The lowest BCUT2D eigenvalue weighted by Gasteiger charge is -2.36. The molecular weight excluding hydrogens is 278 g/mol. The molecule has 1 aliphatic rings. The van der Waals surface area contributed by atoms with Crippen molar-refractivity contribution in [3.05, 3.63) is 70.7 Å². The minimum absolute atomic E-state index is 0.112. The van der Waals surface area contributed by atoms with Gasteiger partial charge in [-0.3, -0.25) is 0 Å². The smallest absolute Gasteiger partial charge is 0.0438 e. The first kappa shape index (κ1) is 14.6. The molecule has 2 N–H and O–H groups in total. The zero-order valence-corrected chi connectivity index (χ0v) is 13.0. The average Bonchev–Trinajstić information content (AvgIpc) is 3.01. The molecule has 1 saturated carbocycles. The van der Waals surface area contributed by atoms with Gasteiger partial charge in [0.05, 0.1) is 0 Å². The minimum atomic E-state index is 0.112. The number of hydrogen-bond acceptors (Lipinski definition) is 1. The number of benzene rings is 2. The Morgan fingerprint density at radius 2 is 1.57 bits per heavy atom. The van der Waals surface area contributed by atoms with Crippen LogP contribution in [0.2, 0.25) is 5.02 Å². The van der Waals surface area contributed by atoms with Crippen LogP contribution in [0, 0.1) is 0 Å². The van der Waals surface area contributed by atoms with Crippen LogP contribution in [0.3, 0.4) is 0 Å². The molecule has 2 heteroatoms. The van der Waals surface area contributed by atoms with Crippen molar-refractivity contribution in [3.8, 4) is 0 Å². The Labute approximate surface area is 132 Å². The van der Waals surface area contributed by atoms with Crippen molar-refractivity contribution in [2.45, 2.75) is 43.6 Å². The minimum Gasteiger partial charge on any atom is -0.327 e. The van der Waals surface area contributed by atoms with Crippen LogP contribution in [-0.2, 0) is 11.8 Å². The summed E-state index contributed by atoms with van der Waals surface area (Å²) in [4.78, 5) is 0. The first-order chi connectivity index (χ1) is 10.2. The highest BCUT2D eigenvalue weighted by molar-refractivity contribution is 6.31. The molecule has 0 heterocycles. The van der Waals surface area contributed by atoms with Gasteiger partial charge in [0, 0.05) is 16.5 Å². The van der Waals surface area contributed by atoms with E-state index >= 15 is 0 Å². The molecule has 1 nitrogen and oxygen atoms in total. The lowest BCUT2D eigenvalue weighted by molar-refractivity contribution is 0.347. The molecular formula is C19H22ClN. The monoisotopic (exact) mass is 299 g/mol. The van der Waals surface area contributed by atoms with Crippen LogP contribution >= 0.6 is 11.6 Å². The summed E-state index contributed by atoms with van der Waals surface area (Å²) >= 11 is 6.31. The summed E-state index contributed by atoms with van der Waals surface area (Å²) < 4.78 is 0. The molecule has 0 saturated heterocycles. The van der Waals surface area contributed by atoms with Gasteiger partial charge in [-0.05, 0) is 36.5 Å². The van der Waals surface area contributed by atoms with E-state index in [1.54, 1.807) is 0 Å². The van der Waals surface area contributed by atoms with E-state index in [0.717, 1.165) is 17.0 Å². The summed E-state index contributed by atoms with van der Waals surface area (Å²) in [6, 6.07) is 19.0. The largest absolute Gasteiger partial charge is 0.327 e. The Bertz CT molecular complexity index is 588. The van der Waals surface area contributed by atoms with E-state index in [-0.39, 0.29) is 11.5 Å². The molecule has 1 fully saturated rings. The molecule has 3 rings (SSSR count). The van der Waals surface area contributed by atoms with E-state index in [1.165, 1.54) is 31.2 Å². The second kappa shape index (κ2) is 6.21. The molecule has 1 atom stereocenters. The van der Waals surface area contributed by atoms with Gasteiger partial charge in [-0.1, -0.05) is 73.0 Å². The van der Waals surface area contributed by atoms with Crippen LogP contribution in [0.4, 0.5) is 0 Å². The third-order valence-electron chi connectivity index (χ3n) is 4.95. The van der Waals surface area contributed by atoms with Gasteiger partial charge in [-0.25, -0.2) is 0 Å². The fourth-order valence-electron chi connectivity index (χ4n) is 3.75. The van der Waals surface area contributed by atoms with Crippen molar-refractivity contribution in [2.75, 3.05) is 0 Å². The van der Waals surface area contributed by atoms with Gasteiger partial charge >= 0.3 is 0 Å². The normalized spacial score (nSPS) is 18.6. The van der Waals surface area contributed by atoms with Crippen molar-refractivity contribution in [3.63, 3.8) is 0 Å². The highest BCUT2D eigenvalue weighted by atomic mass is 35.5. The molecule has 0 aliphatic heterocycles. The van der Waals surface area contributed by atoms with Gasteiger partial charge in [0.2, 0.25) is 0 Å². The van der Waals surface area contributed by atoms with Crippen LogP contribution in [-0.4, -0.2) is 6.04 Å². The topological polar surface area (TPSA) is 26.0 Å². The summed E-state index contributed by atoms with van der Waals surface area (Å²) in [5.74, 6) is 0. The van der Waals surface area contributed by atoms with Gasteiger partial charge in [-0.15, -0.1) is 0 Å². The van der Waals surface area contributed by atoms with E-state index in [9.17, 15) is 0 Å². The summed E-state index contributed by atoms with van der Waals surface area (Å²) in [6.45, 7) is 0. The Balaban J connectivity index is 1.90. The van der Waals surface area contributed by atoms with Crippen molar-refractivity contribution in [1.29, 1.82) is 0 Å². The lowest BCUT2D eigenvalue weighted by atomic mass is 9.71. The molecule has 0 amide bonds. The third-order valence-corrected chi connectivity index (χ3v) is 5.32. The first-order valence-electron chi connectivity index (χ1n) is 7.77. The summed E-state index contributed by atoms with van der Waals surface area (Å²) in [6.07, 6.45) is 5.75. The molecule has 1 aliphatic carbocycles. The molecule has 0 aromatic heterocycles. The fourth-order valence-corrected chi connectivity index (χ4v) is 3.96. The zero-order valence-electron chi connectivity index (χ0n) is 12.3. The van der Waals surface area contributed by atoms with Gasteiger partial charge in [-0.2, -0.15) is 0 Å². The van der Waals surface area contributed by atoms with Gasteiger partial charge < -0.3 is 5.73 Å². The molecule has 0 radical (unpaired) electrons. The van der Waals surface area contributed by atoms with Gasteiger partial charge in [0.25, 0.3) is 0 Å². The predicted molar refractivity (Wildman–Crippen MR) is 89.7 cm³/mol. The first-order valence-corrected chi connectivity index (χ1v) is 8.15. The zero-order chi connectivity index (χ0) is 14.7. The average molecular weight is 300 g/mol. The molecule has 110 valence electrons. The molecule has 1 unspecified atom stereocenters. The van der Waals surface area contributed by atoms with Gasteiger partial charge in [0.1, 0.15) is 0 Å². The fraction of sp³-hybridized carbons (Fsp3) is 0.368. The number of hydrogen-bond donors (Lipinski definition) is 1. The van der Waals surface area contributed by atoms with Crippen molar-refractivity contribution in [1.82, 2.24) is 0 Å². The Hall–Kier alpha value is -1.31. The molecule has 0 spiro atoms. The number of nitrogens with two attached hydrogens (primary N) is 1. The SMILES string of the molecule is NC(Cc1ccccc1Cl)C1(c2ccccc2)CCCC1. The molecule has 0 bridgehead atoms. The maximum Gasteiger partial charge on any atom is 0.0438 e. The highest BCUT2D eigenvalue weighted by Crippen LogP contribution is 2.44. The quantitative estimate of drug-likeness (QED) is 0.868. The Morgan fingerprint density at radius 1 is 0.952 bits per heavy atom. The molecule has 21 heavy (non-hydrogen) atoms. The maximum absolute atomic E-state index is 6.69. The van der Waals surface area contributed by atoms with Crippen LogP contribution in [0.1, 0.15) is 36.8 Å². The van der Waals surface area contributed by atoms with Crippen LogP contribution in [0.25, 0.3) is 0 Å². The second-order valence-corrected chi connectivity index (χ2v) is 6.54. The van der Waals surface area contributed by atoms with Crippen LogP contribution in [0.5, 0.6) is 0 Å². The van der Waals surface area contributed by atoms with E-state index in [2.05, 4.69) is 36.4 Å². The number of rotatable bonds is 4. The van der Waals surface area contributed by atoms with Crippen molar-refractivity contribution >= 4 is 11.6 Å². The van der Waals surface area contributed by atoms with E-state index in [0.29, 0.717) is 0 Å². The molecule has 2 aromatic carbocycles. The van der Waals surface area contributed by atoms with Crippen LogP contribution in [0.15, 0.2) is 54.6 Å². The number of halogens is 1. The highest BCUT2D eigenvalue weighted by Gasteiger charge is 2.40. The predicted octanol–water partition coefficient (Wildman–Crippen LogP) is 4.72. The Kier molecular flexibility index (Phi) is 4.32. The van der Waals surface area contributed by atoms with Gasteiger partial charge in [0.15, 0.2) is 0 Å². The lowest BCUT2D eigenvalue weighted by Crippen LogP contribution is -2.45. The third kappa shape index (κ3) is 2.86. The van der Waals surface area contributed by atoms with Crippen molar-refractivity contribution < 1.29 is 0 Å². The summed E-state index contributed by atoms with van der Waals surface area (Å²) in [5, 5.41) is 0.828. The molecule has 2 aromatic rings. The van der Waals surface area contributed by atoms with E-state index in [4.69, 9.17) is 17.3 Å². The van der Waals surface area contributed by atoms with Crippen LogP contribution < -0.4 is 5.73 Å². The summed E-state index contributed by atoms with van der Waals surface area (Å²) in [5.41, 5.74) is 9.35. The van der Waals surface area contributed by atoms with E-state index in [1.807, 2.05) is 18.2 Å².